The van der Waals surface area contributed by atoms with Gasteiger partial charge in [0.05, 0.1) is 0 Å². The van der Waals surface area contributed by atoms with Gasteiger partial charge in [-0.1, -0.05) is 6.92 Å². The van der Waals surface area contributed by atoms with Gasteiger partial charge in [-0.2, -0.15) is 0 Å². The summed E-state index contributed by atoms with van der Waals surface area (Å²) in [5, 5.41) is 19.4. The van der Waals surface area contributed by atoms with E-state index in [1.54, 1.807) is 0 Å². The predicted octanol–water partition coefficient (Wildman–Crippen LogP) is -0.824. The normalized spacial score (nSPS) is 30.3. The molecule has 1 saturated heterocycles. The molecule has 1 heterocycles. The predicted molar refractivity (Wildman–Crippen MR) is 41.1 cm³/mol. The third kappa shape index (κ3) is 2.50. The number of hydrogen-bond donors (Lipinski definition) is 1. The first-order chi connectivity index (χ1) is 5.59. The lowest BCUT2D eigenvalue weighted by Gasteiger charge is -2.29. The van der Waals surface area contributed by atoms with Crippen LogP contribution in [0.15, 0.2) is 0 Å². The minimum Gasteiger partial charge on any atom is -0.550 e. The van der Waals surface area contributed by atoms with E-state index in [-0.39, 0.29) is 18.3 Å². The van der Waals surface area contributed by atoms with E-state index in [1.165, 1.54) is 0 Å². The molecule has 1 fully saturated rings. The van der Waals surface area contributed by atoms with E-state index in [2.05, 4.69) is 0 Å². The van der Waals surface area contributed by atoms with Crippen LogP contribution in [-0.2, 0) is 9.45 Å². The summed E-state index contributed by atoms with van der Waals surface area (Å²) in [7, 11) is -0.817. The Kier molecular flexibility index (Phi) is 3.11. The molecule has 0 spiro atoms. The minimum atomic E-state index is -1.12. The maximum Gasteiger partial charge on any atom is 0.457 e. The van der Waals surface area contributed by atoms with E-state index < -0.39 is 13.1 Å². The maximum absolute atomic E-state index is 10.2. The van der Waals surface area contributed by atoms with Gasteiger partial charge < -0.3 is 19.6 Å². The molecule has 0 radical (unpaired) electrons. The highest BCUT2D eigenvalue weighted by Crippen LogP contribution is 2.26. The summed E-state index contributed by atoms with van der Waals surface area (Å²) in [5.74, 6) is -1.02. The number of carboxylic acid groups (broad SMARTS) is 1. The van der Waals surface area contributed by atoms with E-state index in [9.17, 15) is 14.9 Å². The maximum atomic E-state index is 10.2. The lowest BCUT2D eigenvalue weighted by molar-refractivity contribution is -0.307. The average Bonchev–Trinajstić information content (AvgIpc) is 1.96. The van der Waals surface area contributed by atoms with Gasteiger partial charge in [0.1, 0.15) is 0 Å². The third-order valence-corrected chi connectivity index (χ3v) is 2.16. The van der Waals surface area contributed by atoms with Crippen LogP contribution in [0.1, 0.15) is 26.2 Å². The molecule has 1 aliphatic heterocycles. The molecule has 0 aromatic rings. The molecule has 0 aromatic carbocycles. The van der Waals surface area contributed by atoms with Crippen LogP contribution in [0, 0.1) is 0 Å². The average molecular weight is 171 g/mol. The van der Waals surface area contributed by atoms with Gasteiger partial charge in [-0.25, -0.2) is 0 Å². The fourth-order valence-corrected chi connectivity index (χ4v) is 1.33. The van der Waals surface area contributed by atoms with Crippen molar-refractivity contribution in [2.24, 2.45) is 0 Å². The molecule has 0 saturated carbocycles. The number of carbonyl (C=O) groups excluding carboxylic acids is 1. The Morgan fingerprint density at radius 3 is 2.92 bits per heavy atom. The van der Waals surface area contributed by atoms with Crippen molar-refractivity contribution >= 4 is 13.1 Å². The molecule has 0 amide bonds. The van der Waals surface area contributed by atoms with Gasteiger partial charge in [0.25, 0.3) is 0 Å². The van der Waals surface area contributed by atoms with Crippen LogP contribution in [0.25, 0.3) is 0 Å². The van der Waals surface area contributed by atoms with Crippen LogP contribution < -0.4 is 5.11 Å². The first-order valence-electron chi connectivity index (χ1n) is 4.13. The molecule has 1 N–H and O–H groups in total. The van der Waals surface area contributed by atoms with Crippen LogP contribution in [0.5, 0.6) is 0 Å². The second-order valence-electron chi connectivity index (χ2n) is 3.28. The quantitative estimate of drug-likeness (QED) is 0.550. The van der Waals surface area contributed by atoms with Crippen molar-refractivity contribution in [1.29, 1.82) is 0 Å². The van der Waals surface area contributed by atoms with Crippen LogP contribution in [0.3, 0.4) is 0 Å². The second kappa shape index (κ2) is 3.91. The first-order valence-corrected chi connectivity index (χ1v) is 4.13. The van der Waals surface area contributed by atoms with Crippen molar-refractivity contribution < 1.29 is 19.6 Å². The SMILES string of the molecule is C[C@H]1CC[C@@H](CC(=O)[O-])OB1O. The lowest BCUT2D eigenvalue weighted by Crippen LogP contribution is -2.38. The second-order valence-corrected chi connectivity index (χ2v) is 3.28. The summed E-state index contributed by atoms with van der Waals surface area (Å²) in [6.07, 6.45) is 0.996. The number of carbonyl (C=O) groups is 1. The number of rotatable bonds is 2. The molecule has 4 nitrogen and oxygen atoms in total. The molecular weight excluding hydrogens is 159 g/mol. The Morgan fingerprint density at radius 1 is 1.75 bits per heavy atom. The molecule has 0 unspecified atom stereocenters. The smallest absolute Gasteiger partial charge is 0.457 e. The highest BCUT2D eigenvalue weighted by molar-refractivity contribution is 6.44. The summed E-state index contributed by atoms with van der Waals surface area (Å²) in [6, 6.07) is 0. The van der Waals surface area contributed by atoms with Gasteiger partial charge >= 0.3 is 7.12 Å². The molecular formula is C7H12BO4-. The van der Waals surface area contributed by atoms with Crippen LogP contribution in [0.2, 0.25) is 5.82 Å². The number of aliphatic carboxylic acids is 1. The fraction of sp³-hybridized carbons (Fsp3) is 0.857. The zero-order valence-corrected chi connectivity index (χ0v) is 7.03. The molecule has 12 heavy (non-hydrogen) atoms. The third-order valence-electron chi connectivity index (χ3n) is 2.16. The first kappa shape index (κ1) is 9.54. The summed E-state index contributed by atoms with van der Waals surface area (Å²) in [6.45, 7) is 1.87. The van der Waals surface area contributed by atoms with Gasteiger partial charge in [0.2, 0.25) is 0 Å². The molecule has 68 valence electrons. The molecule has 2 atom stereocenters. The van der Waals surface area contributed by atoms with Crippen molar-refractivity contribution in [3.8, 4) is 0 Å². The van der Waals surface area contributed by atoms with Crippen molar-refractivity contribution in [2.75, 3.05) is 0 Å². The lowest BCUT2D eigenvalue weighted by atomic mass is 9.68. The van der Waals surface area contributed by atoms with E-state index in [0.29, 0.717) is 6.42 Å². The van der Waals surface area contributed by atoms with Crippen molar-refractivity contribution in [3.63, 3.8) is 0 Å². The van der Waals surface area contributed by atoms with Gasteiger partial charge in [0, 0.05) is 18.5 Å². The van der Waals surface area contributed by atoms with Gasteiger partial charge in [-0.15, -0.1) is 0 Å². The van der Waals surface area contributed by atoms with Crippen molar-refractivity contribution in [1.82, 2.24) is 0 Å². The van der Waals surface area contributed by atoms with Crippen LogP contribution in [0.4, 0.5) is 0 Å². The monoisotopic (exact) mass is 171 g/mol. The summed E-state index contributed by atoms with van der Waals surface area (Å²) >= 11 is 0. The molecule has 1 aliphatic rings. The van der Waals surface area contributed by atoms with E-state index in [1.807, 2.05) is 6.92 Å². The zero-order valence-electron chi connectivity index (χ0n) is 7.03. The van der Waals surface area contributed by atoms with E-state index in [4.69, 9.17) is 4.65 Å². The summed E-state index contributed by atoms with van der Waals surface area (Å²) < 4.78 is 5.04. The topological polar surface area (TPSA) is 69.6 Å². The molecule has 0 bridgehead atoms. The Morgan fingerprint density at radius 2 is 2.42 bits per heavy atom. The van der Waals surface area contributed by atoms with Crippen molar-refractivity contribution in [2.45, 2.75) is 38.1 Å². The van der Waals surface area contributed by atoms with Gasteiger partial charge in [0.15, 0.2) is 0 Å². The standard InChI is InChI=1S/C7H13BO4/c1-5-2-3-6(4-7(9)10)12-8(5)11/h5-6,11H,2-4H2,1H3,(H,9,10)/p-1/t5-,6-/m0/s1. The van der Waals surface area contributed by atoms with Gasteiger partial charge in [-0.05, 0) is 18.7 Å². The minimum absolute atomic E-state index is 0.100. The highest BCUT2D eigenvalue weighted by atomic mass is 16.5. The molecule has 0 aliphatic carbocycles. The van der Waals surface area contributed by atoms with E-state index >= 15 is 0 Å². The zero-order chi connectivity index (χ0) is 9.14. The van der Waals surface area contributed by atoms with Crippen LogP contribution in [-0.4, -0.2) is 24.2 Å². The Balaban J connectivity index is 2.35. The molecule has 5 heteroatoms. The number of carboxylic acids is 1. The molecule has 0 aromatic heterocycles. The number of hydrogen-bond acceptors (Lipinski definition) is 4. The highest BCUT2D eigenvalue weighted by Gasteiger charge is 2.31. The van der Waals surface area contributed by atoms with Crippen LogP contribution >= 0.6 is 0 Å². The Labute approximate surface area is 71.7 Å². The Hall–Kier alpha value is -0.545. The molecule has 1 rings (SSSR count). The van der Waals surface area contributed by atoms with Gasteiger partial charge in [-0.3, -0.25) is 0 Å². The fourth-order valence-electron chi connectivity index (χ4n) is 1.33. The van der Waals surface area contributed by atoms with Crippen molar-refractivity contribution in [3.05, 3.63) is 0 Å². The Bertz CT molecular complexity index is 173. The summed E-state index contributed by atoms with van der Waals surface area (Å²) in [4.78, 5) is 10.2. The van der Waals surface area contributed by atoms with E-state index in [0.717, 1.165) is 6.42 Å². The summed E-state index contributed by atoms with van der Waals surface area (Å²) in [5.41, 5.74) is 0. The largest absolute Gasteiger partial charge is 0.550 e.